The summed E-state index contributed by atoms with van der Waals surface area (Å²) in [4.78, 5) is 17.9. The predicted octanol–water partition coefficient (Wildman–Crippen LogP) is 5.63. The maximum atomic E-state index is 12.9. The number of carbonyl (C=O) groups excluding carboxylic acids is 1. The molecular weight excluding hydrogens is 522 g/mol. The van der Waals surface area contributed by atoms with Crippen molar-refractivity contribution in [2.75, 3.05) is 5.32 Å². The van der Waals surface area contributed by atoms with E-state index in [2.05, 4.69) is 41.2 Å². The normalized spacial score (nSPS) is 12.7. The van der Waals surface area contributed by atoms with E-state index in [-0.39, 0.29) is 4.90 Å². The standard InChI is InChI=1S/C31H27N5O3S/c1-19-8-12-22(13-9-19)29-25-6-4-5-7-26(25)30-33-27-18-23(14-17-28(27)36(30)34-29)32-31(37)21(3)35-40(38,39)24-15-10-20(2)11-16-24/h4-18,21,35H,1-3H3,(H,32,37). The zero-order valence-electron chi connectivity index (χ0n) is 22.2. The van der Waals surface area contributed by atoms with Gasteiger partial charge in [0.15, 0.2) is 5.65 Å². The summed E-state index contributed by atoms with van der Waals surface area (Å²) < 4.78 is 29.7. The third kappa shape index (κ3) is 4.70. The fraction of sp³-hybridized carbons (Fsp3) is 0.129. The van der Waals surface area contributed by atoms with Crippen LogP contribution in [0.15, 0.2) is 95.9 Å². The highest BCUT2D eigenvalue weighted by Gasteiger charge is 2.22. The maximum Gasteiger partial charge on any atom is 0.242 e. The van der Waals surface area contributed by atoms with Gasteiger partial charge in [-0.05, 0) is 51.1 Å². The van der Waals surface area contributed by atoms with E-state index in [0.29, 0.717) is 16.9 Å². The molecule has 0 fully saturated rings. The molecule has 2 heterocycles. The number of benzene rings is 4. The number of anilines is 1. The molecule has 0 saturated heterocycles. The summed E-state index contributed by atoms with van der Waals surface area (Å²) in [6.07, 6.45) is 0. The fourth-order valence-corrected chi connectivity index (χ4v) is 5.91. The van der Waals surface area contributed by atoms with E-state index in [0.717, 1.165) is 33.1 Å². The van der Waals surface area contributed by atoms with Gasteiger partial charge in [0.2, 0.25) is 15.9 Å². The van der Waals surface area contributed by atoms with Crippen LogP contribution in [0.4, 0.5) is 5.69 Å². The highest BCUT2D eigenvalue weighted by molar-refractivity contribution is 7.89. The molecular formula is C31H27N5O3S. The number of amides is 1. The van der Waals surface area contributed by atoms with E-state index in [1.54, 1.807) is 24.3 Å². The van der Waals surface area contributed by atoms with Gasteiger partial charge in [-0.1, -0.05) is 71.8 Å². The largest absolute Gasteiger partial charge is 0.325 e. The van der Waals surface area contributed by atoms with E-state index in [4.69, 9.17) is 10.1 Å². The third-order valence-corrected chi connectivity index (χ3v) is 8.46. The van der Waals surface area contributed by atoms with Crippen LogP contribution in [-0.4, -0.2) is 35.0 Å². The predicted molar refractivity (Wildman–Crippen MR) is 158 cm³/mol. The average Bonchev–Trinajstić information content (AvgIpc) is 3.31. The lowest BCUT2D eigenvalue weighted by molar-refractivity contribution is -0.117. The Balaban J connectivity index is 1.32. The molecule has 0 radical (unpaired) electrons. The minimum atomic E-state index is -3.85. The first-order valence-electron chi connectivity index (χ1n) is 12.9. The van der Waals surface area contributed by atoms with Gasteiger partial charge in [0.1, 0.15) is 0 Å². The van der Waals surface area contributed by atoms with Gasteiger partial charge in [0.05, 0.1) is 27.7 Å². The Morgan fingerprint density at radius 2 is 1.50 bits per heavy atom. The maximum absolute atomic E-state index is 12.9. The molecule has 8 nitrogen and oxygen atoms in total. The lowest BCUT2D eigenvalue weighted by atomic mass is 10.0. The topological polar surface area (TPSA) is 105 Å². The van der Waals surface area contributed by atoms with Crippen molar-refractivity contribution in [2.45, 2.75) is 31.7 Å². The lowest BCUT2D eigenvalue weighted by Crippen LogP contribution is -2.41. The van der Waals surface area contributed by atoms with Gasteiger partial charge in [0, 0.05) is 22.0 Å². The molecule has 2 aromatic heterocycles. The van der Waals surface area contributed by atoms with Gasteiger partial charge in [0.25, 0.3) is 0 Å². The molecule has 9 heteroatoms. The molecule has 6 aromatic rings. The van der Waals surface area contributed by atoms with Crippen LogP contribution < -0.4 is 10.0 Å². The van der Waals surface area contributed by atoms with Crippen molar-refractivity contribution in [1.29, 1.82) is 0 Å². The summed E-state index contributed by atoms with van der Waals surface area (Å²) in [6.45, 7) is 5.44. The minimum absolute atomic E-state index is 0.105. The number of hydrogen-bond acceptors (Lipinski definition) is 5. The van der Waals surface area contributed by atoms with Crippen LogP contribution in [0.5, 0.6) is 0 Å². The Hall–Kier alpha value is -4.60. The van der Waals surface area contributed by atoms with Crippen LogP contribution in [0.1, 0.15) is 18.1 Å². The number of aryl methyl sites for hydroxylation is 2. The summed E-state index contributed by atoms with van der Waals surface area (Å²) in [7, 11) is -3.85. The van der Waals surface area contributed by atoms with Crippen LogP contribution in [0.3, 0.4) is 0 Å². The van der Waals surface area contributed by atoms with Gasteiger partial charge < -0.3 is 5.32 Å². The van der Waals surface area contributed by atoms with Crippen LogP contribution >= 0.6 is 0 Å². The van der Waals surface area contributed by atoms with Crippen molar-refractivity contribution in [2.24, 2.45) is 0 Å². The number of imidazole rings is 1. The van der Waals surface area contributed by atoms with Crippen LogP contribution in [0.2, 0.25) is 0 Å². The van der Waals surface area contributed by atoms with Crippen LogP contribution in [-0.2, 0) is 14.8 Å². The third-order valence-electron chi connectivity index (χ3n) is 6.90. The number of sulfonamides is 1. The highest BCUT2D eigenvalue weighted by atomic mass is 32.2. The van der Waals surface area contributed by atoms with E-state index in [1.807, 2.05) is 41.8 Å². The molecule has 0 aliphatic rings. The molecule has 0 spiro atoms. The van der Waals surface area contributed by atoms with E-state index < -0.39 is 22.0 Å². The first-order chi connectivity index (χ1) is 19.2. The SMILES string of the molecule is Cc1ccc(-c2nn3c4ccc(NC(=O)C(C)NS(=O)(=O)c5ccc(C)cc5)cc4nc3c3ccccc23)cc1. The van der Waals surface area contributed by atoms with Crippen molar-refractivity contribution >= 4 is 49.1 Å². The summed E-state index contributed by atoms with van der Waals surface area (Å²) >= 11 is 0. The molecule has 2 N–H and O–H groups in total. The Morgan fingerprint density at radius 3 is 2.20 bits per heavy atom. The van der Waals surface area contributed by atoms with E-state index in [1.165, 1.54) is 24.6 Å². The van der Waals surface area contributed by atoms with Crippen LogP contribution in [0, 0.1) is 13.8 Å². The quantitative estimate of drug-likeness (QED) is 0.280. The lowest BCUT2D eigenvalue weighted by Gasteiger charge is -2.14. The number of hydrogen-bond donors (Lipinski definition) is 2. The summed E-state index contributed by atoms with van der Waals surface area (Å²) in [6, 6.07) is 27.2. The molecule has 0 aliphatic heterocycles. The Morgan fingerprint density at radius 1 is 0.850 bits per heavy atom. The number of nitrogens with zero attached hydrogens (tertiary/aromatic N) is 3. The number of fused-ring (bicyclic) bond motifs is 5. The number of nitrogens with one attached hydrogen (secondary N) is 2. The highest BCUT2D eigenvalue weighted by Crippen LogP contribution is 2.31. The van der Waals surface area contributed by atoms with Gasteiger partial charge in [-0.25, -0.2) is 17.9 Å². The number of rotatable bonds is 6. The number of carbonyl (C=O) groups is 1. The minimum Gasteiger partial charge on any atom is -0.325 e. The molecule has 1 unspecified atom stereocenters. The zero-order valence-corrected chi connectivity index (χ0v) is 23.0. The van der Waals surface area contributed by atoms with Crippen molar-refractivity contribution in [3.05, 3.63) is 102 Å². The van der Waals surface area contributed by atoms with Gasteiger partial charge in [-0.15, -0.1) is 0 Å². The van der Waals surface area contributed by atoms with E-state index >= 15 is 0 Å². The molecule has 0 aliphatic carbocycles. The second-order valence-electron chi connectivity index (χ2n) is 9.96. The molecule has 6 rings (SSSR count). The second-order valence-corrected chi connectivity index (χ2v) is 11.7. The van der Waals surface area contributed by atoms with Crippen molar-refractivity contribution in [3.63, 3.8) is 0 Å². The number of aromatic nitrogens is 3. The smallest absolute Gasteiger partial charge is 0.242 e. The molecule has 0 bridgehead atoms. The summed E-state index contributed by atoms with van der Waals surface area (Å²) in [5.74, 6) is -0.482. The van der Waals surface area contributed by atoms with Gasteiger partial charge >= 0.3 is 0 Å². The molecule has 4 aromatic carbocycles. The Bertz CT molecular complexity index is 2020. The van der Waals surface area contributed by atoms with Crippen LogP contribution in [0.25, 0.3) is 38.7 Å². The monoisotopic (exact) mass is 549 g/mol. The summed E-state index contributed by atoms with van der Waals surface area (Å²) in [5, 5.41) is 9.74. The van der Waals surface area contributed by atoms with Gasteiger partial charge in [-0.2, -0.15) is 9.82 Å². The second kappa shape index (κ2) is 9.86. The summed E-state index contributed by atoms with van der Waals surface area (Å²) in [5.41, 5.74) is 6.65. The van der Waals surface area contributed by atoms with Gasteiger partial charge in [-0.3, -0.25) is 4.79 Å². The van der Waals surface area contributed by atoms with Crippen molar-refractivity contribution < 1.29 is 13.2 Å². The first kappa shape index (κ1) is 25.7. The Labute approximate surface area is 231 Å². The molecule has 0 saturated carbocycles. The molecule has 40 heavy (non-hydrogen) atoms. The van der Waals surface area contributed by atoms with Crippen molar-refractivity contribution in [1.82, 2.24) is 19.3 Å². The fourth-order valence-electron chi connectivity index (χ4n) is 4.71. The van der Waals surface area contributed by atoms with Crippen molar-refractivity contribution in [3.8, 4) is 11.3 Å². The Kier molecular flexibility index (Phi) is 6.32. The molecule has 1 amide bonds. The average molecular weight is 550 g/mol. The van der Waals surface area contributed by atoms with E-state index in [9.17, 15) is 13.2 Å². The molecule has 200 valence electrons. The first-order valence-corrected chi connectivity index (χ1v) is 14.4. The molecule has 1 atom stereocenters. The zero-order chi connectivity index (χ0) is 28.0.